The van der Waals surface area contributed by atoms with E-state index in [4.69, 9.17) is 9.97 Å². The summed E-state index contributed by atoms with van der Waals surface area (Å²) >= 11 is 1.75. The minimum absolute atomic E-state index is 0.580. The first kappa shape index (κ1) is 19.0. The fraction of sp³-hybridized carbons (Fsp3) is 0.292. The molecule has 0 saturated heterocycles. The summed E-state index contributed by atoms with van der Waals surface area (Å²) in [7, 11) is 0. The molecule has 0 radical (unpaired) electrons. The Kier molecular flexibility index (Phi) is 5.57. The van der Waals surface area contributed by atoms with Crippen molar-refractivity contribution in [3.8, 4) is 11.3 Å². The number of hydrogen-bond acceptors (Lipinski definition) is 6. The van der Waals surface area contributed by atoms with Crippen molar-refractivity contribution in [1.29, 1.82) is 0 Å². The largest absolute Gasteiger partial charge is 0.365 e. The van der Waals surface area contributed by atoms with E-state index in [-0.39, 0.29) is 0 Å². The zero-order valence-electron chi connectivity index (χ0n) is 16.8. The Morgan fingerprint density at radius 1 is 0.933 bits per heavy atom. The molecular formula is C24H25N5S. The SMILES string of the molecule is c1ccc(-c2cncc(NCc3ccc4nc(NC5CCCCC5)sc4c3)n2)cc1. The third kappa shape index (κ3) is 4.44. The highest BCUT2D eigenvalue weighted by molar-refractivity contribution is 7.22. The number of nitrogens with zero attached hydrogens (tertiary/aromatic N) is 3. The molecule has 0 unspecified atom stereocenters. The molecule has 1 aliphatic rings. The molecule has 0 amide bonds. The number of thiazole rings is 1. The number of anilines is 2. The van der Waals surface area contributed by atoms with E-state index in [1.54, 1.807) is 23.7 Å². The van der Waals surface area contributed by atoms with Gasteiger partial charge in [-0.2, -0.15) is 0 Å². The first-order chi connectivity index (χ1) is 14.8. The quantitative estimate of drug-likeness (QED) is 0.398. The molecule has 5 nitrogen and oxygen atoms in total. The van der Waals surface area contributed by atoms with Crippen LogP contribution < -0.4 is 10.6 Å². The van der Waals surface area contributed by atoms with Gasteiger partial charge in [0.25, 0.3) is 0 Å². The van der Waals surface area contributed by atoms with E-state index < -0.39 is 0 Å². The van der Waals surface area contributed by atoms with E-state index in [1.165, 1.54) is 42.4 Å². The molecule has 4 aromatic rings. The lowest BCUT2D eigenvalue weighted by molar-refractivity contribution is 0.462. The molecule has 1 fully saturated rings. The zero-order valence-corrected chi connectivity index (χ0v) is 17.7. The van der Waals surface area contributed by atoms with Gasteiger partial charge in [0.05, 0.1) is 28.3 Å². The molecule has 0 aliphatic heterocycles. The lowest BCUT2D eigenvalue weighted by Gasteiger charge is -2.22. The molecule has 30 heavy (non-hydrogen) atoms. The molecule has 2 N–H and O–H groups in total. The predicted octanol–water partition coefficient (Wildman–Crippen LogP) is 6.11. The van der Waals surface area contributed by atoms with Crippen LogP contribution in [0.5, 0.6) is 0 Å². The Morgan fingerprint density at radius 2 is 1.80 bits per heavy atom. The maximum atomic E-state index is 4.78. The second kappa shape index (κ2) is 8.79. The molecule has 5 rings (SSSR count). The van der Waals surface area contributed by atoms with Crippen LogP contribution in [0.2, 0.25) is 0 Å². The van der Waals surface area contributed by atoms with Crippen LogP contribution in [0, 0.1) is 0 Å². The first-order valence-electron chi connectivity index (χ1n) is 10.6. The maximum Gasteiger partial charge on any atom is 0.184 e. The summed E-state index contributed by atoms with van der Waals surface area (Å²) in [6.45, 7) is 0.701. The maximum absolute atomic E-state index is 4.78. The first-order valence-corrected chi connectivity index (χ1v) is 11.4. The van der Waals surface area contributed by atoms with Gasteiger partial charge in [-0.05, 0) is 30.5 Å². The van der Waals surface area contributed by atoms with Crippen molar-refractivity contribution in [1.82, 2.24) is 15.0 Å². The summed E-state index contributed by atoms with van der Waals surface area (Å²) in [5, 5.41) is 8.09. The number of benzene rings is 2. The standard InChI is InChI=1S/C24H25N5S/c1-3-7-18(8-4-1)21-15-25-16-23(28-21)26-14-17-11-12-20-22(13-17)30-24(29-20)27-19-9-5-2-6-10-19/h1,3-4,7-8,11-13,15-16,19H,2,5-6,9-10,14H2,(H,26,28)(H,27,29). The molecule has 2 aromatic heterocycles. The van der Waals surface area contributed by atoms with Crippen LogP contribution in [0.15, 0.2) is 60.9 Å². The van der Waals surface area contributed by atoms with Crippen LogP contribution in [0.4, 0.5) is 10.9 Å². The topological polar surface area (TPSA) is 62.7 Å². The molecule has 1 aliphatic carbocycles. The highest BCUT2D eigenvalue weighted by Crippen LogP contribution is 2.30. The number of aromatic nitrogens is 3. The number of hydrogen-bond donors (Lipinski definition) is 2. The van der Waals surface area contributed by atoms with Gasteiger partial charge in [0.2, 0.25) is 0 Å². The van der Waals surface area contributed by atoms with Crippen LogP contribution >= 0.6 is 11.3 Å². The Bertz CT molecular complexity index is 1120. The van der Waals surface area contributed by atoms with Crippen molar-refractivity contribution in [2.24, 2.45) is 0 Å². The number of rotatable bonds is 6. The summed E-state index contributed by atoms with van der Waals surface area (Å²) in [5.74, 6) is 0.778. The number of fused-ring (bicyclic) bond motifs is 1. The Labute approximate surface area is 180 Å². The molecule has 152 valence electrons. The van der Waals surface area contributed by atoms with Gasteiger partial charge in [-0.1, -0.05) is 67.0 Å². The fourth-order valence-electron chi connectivity index (χ4n) is 3.95. The second-order valence-corrected chi connectivity index (χ2v) is 8.84. The smallest absolute Gasteiger partial charge is 0.184 e. The summed E-state index contributed by atoms with van der Waals surface area (Å²) in [6, 6.07) is 17.2. The van der Waals surface area contributed by atoms with Gasteiger partial charge in [-0.3, -0.25) is 4.98 Å². The third-order valence-electron chi connectivity index (χ3n) is 5.56. The zero-order chi connectivity index (χ0) is 20.2. The minimum atomic E-state index is 0.580. The predicted molar refractivity (Wildman–Crippen MR) is 125 cm³/mol. The van der Waals surface area contributed by atoms with Crippen LogP contribution in [0.1, 0.15) is 37.7 Å². The van der Waals surface area contributed by atoms with E-state index in [2.05, 4.69) is 33.8 Å². The van der Waals surface area contributed by atoms with Crippen LogP contribution in [-0.2, 0) is 6.54 Å². The van der Waals surface area contributed by atoms with E-state index in [1.807, 2.05) is 30.3 Å². The molecule has 0 bridgehead atoms. The van der Waals surface area contributed by atoms with Crippen molar-refractivity contribution in [3.05, 3.63) is 66.5 Å². The number of nitrogens with one attached hydrogen (secondary N) is 2. The molecule has 2 heterocycles. The van der Waals surface area contributed by atoms with E-state index >= 15 is 0 Å². The Balaban J connectivity index is 1.26. The fourth-order valence-corrected chi connectivity index (χ4v) is 4.96. The van der Waals surface area contributed by atoms with Crippen molar-refractivity contribution in [2.45, 2.75) is 44.7 Å². The highest BCUT2D eigenvalue weighted by atomic mass is 32.1. The summed E-state index contributed by atoms with van der Waals surface area (Å²) in [4.78, 5) is 13.8. The second-order valence-electron chi connectivity index (χ2n) is 7.81. The lowest BCUT2D eigenvalue weighted by atomic mass is 9.96. The van der Waals surface area contributed by atoms with E-state index in [0.717, 1.165) is 27.7 Å². The van der Waals surface area contributed by atoms with Crippen molar-refractivity contribution < 1.29 is 0 Å². The normalized spacial score (nSPS) is 14.7. The van der Waals surface area contributed by atoms with Gasteiger partial charge in [-0.15, -0.1) is 0 Å². The summed E-state index contributed by atoms with van der Waals surface area (Å²) in [6.07, 6.45) is 10.1. The van der Waals surface area contributed by atoms with Gasteiger partial charge < -0.3 is 10.6 Å². The third-order valence-corrected chi connectivity index (χ3v) is 6.51. The van der Waals surface area contributed by atoms with E-state index in [9.17, 15) is 0 Å². The Morgan fingerprint density at radius 3 is 2.67 bits per heavy atom. The van der Waals surface area contributed by atoms with Gasteiger partial charge in [0, 0.05) is 18.2 Å². The molecule has 0 atom stereocenters. The lowest BCUT2D eigenvalue weighted by Crippen LogP contribution is -2.21. The van der Waals surface area contributed by atoms with Crippen LogP contribution in [-0.4, -0.2) is 21.0 Å². The molecule has 6 heteroatoms. The Hall–Kier alpha value is -2.99. The van der Waals surface area contributed by atoms with Crippen molar-refractivity contribution >= 4 is 32.5 Å². The molecule has 2 aromatic carbocycles. The van der Waals surface area contributed by atoms with Gasteiger partial charge >= 0.3 is 0 Å². The van der Waals surface area contributed by atoms with Gasteiger partial charge in [0.15, 0.2) is 5.13 Å². The molecular weight excluding hydrogens is 390 g/mol. The minimum Gasteiger partial charge on any atom is -0.365 e. The van der Waals surface area contributed by atoms with Crippen LogP contribution in [0.3, 0.4) is 0 Å². The summed E-state index contributed by atoms with van der Waals surface area (Å²) in [5.41, 5.74) is 4.21. The van der Waals surface area contributed by atoms with Crippen LogP contribution in [0.25, 0.3) is 21.5 Å². The van der Waals surface area contributed by atoms with Crippen molar-refractivity contribution in [3.63, 3.8) is 0 Å². The highest BCUT2D eigenvalue weighted by Gasteiger charge is 2.15. The average molecular weight is 416 g/mol. The average Bonchev–Trinajstić information content (AvgIpc) is 3.20. The van der Waals surface area contributed by atoms with Gasteiger partial charge in [0.1, 0.15) is 5.82 Å². The molecule has 0 spiro atoms. The monoisotopic (exact) mass is 415 g/mol. The van der Waals surface area contributed by atoms with E-state index in [0.29, 0.717) is 12.6 Å². The van der Waals surface area contributed by atoms with Gasteiger partial charge in [-0.25, -0.2) is 9.97 Å². The van der Waals surface area contributed by atoms with Crippen molar-refractivity contribution in [2.75, 3.05) is 10.6 Å². The molecule has 1 saturated carbocycles. The summed E-state index contributed by atoms with van der Waals surface area (Å²) < 4.78 is 1.22.